The van der Waals surface area contributed by atoms with E-state index in [2.05, 4.69) is 15.2 Å². The third-order valence-corrected chi connectivity index (χ3v) is 4.61. The van der Waals surface area contributed by atoms with Crippen LogP contribution in [0.5, 0.6) is 11.5 Å². The lowest BCUT2D eigenvalue weighted by molar-refractivity contribution is 0.174. The van der Waals surface area contributed by atoms with Crippen molar-refractivity contribution in [1.82, 2.24) is 14.8 Å². The number of rotatable bonds is 3. The van der Waals surface area contributed by atoms with E-state index in [1.54, 1.807) is 6.07 Å². The molecule has 1 saturated heterocycles. The molecule has 7 nitrogen and oxygen atoms in total. The summed E-state index contributed by atoms with van der Waals surface area (Å²) in [5, 5.41) is 2.95. The van der Waals surface area contributed by atoms with Gasteiger partial charge in [0.1, 0.15) is 0 Å². The predicted octanol–water partition coefficient (Wildman–Crippen LogP) is 2.55. The van der Waals surface area contributed by atoms with Gasteiger partial charge >= 0.3 is 6.03 Å². The number of urea groups is 1. The van der Waals surface area contributed by atoms with Gasteiger partial charge in [0.05, 0.1) is 5.69 Å². The lowest BCUT2D eigenvalue weighted by Crippen LogP contribution is -2.38. The molecule has 4 rings (SSSR count). The Morgan fingerprint density at radius 2 is 2.00 bits per heavy atom. The van der Waals surface area contributed by atoms with Crippen molar-refractivity contribution in [2.75, 3.05) is 38.3 Å². The van der Waals surface area contributed by atoms with E-state index in [0.717, 1.165) is 38.3 Å². The zero-order chi connectivity index (χ0) is 17.8. The SMILES string of the molecule is O=C(Nc1ccc2c(c1)OCO2)N1CCCN(Cc2ccccn2)CC1. The fourth-order valence-corrected chi connectivity index (χ4v) is 3.23. The second kappa shape index (κ2) is 7.61. The van der Waals surface area contributed by atoms with Crippen LogP contribution in [0.3, 0.4) is 0 Å². The second-order valence-electron chi connectivity index (χ2n) is 6.44. The number of hydrogen-bond acceptors (Lipinski definition) is 5. The number of carbonyl (C=O) groups is 1. The quantitative estimate of drug-likeness (QED) is 0.918. The van der Waals surface area contributed by atoms with Crippen LogP contribution >= 0.6 is 0 Å². The number of nitrogens with one attached hydrogen (secondary N) is 1. The summed E-state index contributed by atoms with van der Waals surface area (Å²) in [6.45, 7) is 4.29. The van der Waals surface area contributed by atoms with E-state index in [-0.39, 0.29) is 12.8 Å². The lowest BCUT2D eigenvalue weighted by atomic mass is 10.3. The van der Waals surface area contributed by atoms with Crippen molar-refractivity contribution < 1.29 is 14.3 Å². The topological polar surface area (TPSA) is 66.9 Å². The van der Waals surface area contributed by atoms with Crippen molar-refractivity contribution in [3.05, 3.63) is 48.3 Å². The molecule has 0 bridgehead atoms. The monoisotopic (exact) mass is 354 g/mol. The molecule has 2 aliphatic heterocycles. The summed E-state index contributed by atoms with van der Waals surface area (Å²) >= 11 is 0. The molecule has 1 aromatic heterocycles. The molecule has 1 aromatic carbocycles. The van der Waals surface area contributed by atoms with Gasteiger partial charge in [-0.1, -0.05) is 6.07 Å². The van der Waals surface area contributed by atoms with E-state index < -0.39 is 0 Å². The molecule has 7 heteroatoms. The fourth-order valence-electron chi connectivity index (χ4n) is 3.23. The van der Waals surface area contributed by atoms with Crippen LogP contribution in [-0.2, 0) is 6.54 Å². The molecule has 3 heterocycles. The number of amides is 2. The number of anilines is 1. The van der Waals surface area contributed by atoms with Gasteiger partial charge < -0.3 is 19.7 Å². The van der Waals surface area contributed by atoms with E-state index in [0.29, 0.717) is 23.7 Å². The minimum absolute atomic E-state index is 0.0800. The molecule has 0 saturated carbocycles. The number of ether oxygens (including phenoxy) is 2. The molecule has 0 spiro atoms. The second-order valence-corrected chi connectivity index (χ2v) is 6.44. The number of carbonyl (C=O) groups excluding carboxylic acids is 1. The van der Waals surface area contributed by atoms with E-state index in [1.807, 2.05) is 41.4 Å². The molecule has 136 valence electrons. The Morgan fingerprint density at radius 3 is 2.88 bits per heavy atom. The zero-order valence-electron chi connectivity index (χ0n) is 14.6. The van der Waals surface area contributed by atoms with Gasteiger partial charge in [-0.25, -0.2) is 4.79 Å². The molecule has 1 fully saturated rings. The van der Waals surface area contributed by atoms with Crippen molar-refractivity contribution in [1.29, 1.82) is 0 Å². The van der Waals surface area contributed by atoms with Gasteiger partial charge in [-0.05, 0) is 30.7 Å². The molecule has 0 radical (unpaired) electrons. The molecule has 2 aromatic rings. The summed E-state index contributed by atoms with van der Waals surface area (Å²) in [6, 6.07) is 11.3. The minimum atomic E-state index is -0.0800. The molecule has 2 amide bonds. The van der Waals surface area contributed by atoms with Crippen LogP contribution in [0.25, 0.3) is 0 Å². The van der Waals surface area contributed by atoms with Gasteiger partial charge in [-0.3, -0.25) is 9.88 Å². The van der Waals surface area contributed by atoms with E-state index in [1.165, 1.54) is 0 Å². The first kappa shape index (κ1) is 16.7. The third kappa shape index (κ3) is 3.88. The van der Waals surface area contributed by atoms with E-state index in [9.17, 15) is 4.79 Å². The smallest absolute Gasteiger partial charge is 0.321 e. The average molecular weight is 354 g/mol. The Bertz CT molecular complexity index is 769. The molecular weight excluding hydrogens is 332 g/mol. The highest BCUT2D eigenvalue weighted by Gasteiger charge is 2.20. The number of aromatic nitrogens is 1. The molecule has 1 N–H and O–H groups in total. The summed E-state index contributed by atoms with van der Waals surface area (Å²) in [4.78, 5) is 21.2. The minimum Gasteiger partial charge on any atom is -0.454 e. The van der Waals surface area contributed by atoms with Crippen LogP contribution in [0, 0.1) is 0 Å². The van der Waals surface area contributed by atoms with Gasteiger partial charge in [0.25, 0.3) is 0 Å². The maximum absolute atomic E-state index is 12.6. The molecular formula is C19H22N4O3. The largest absolute Gasteiger partial charge is 0.454 e. The average Bonchev–Trinajstić information content (AvgIpc) is 3.00. The van der Waals surface area contributed by atoms with Crippen LogP contribution in [0.2, 0.25) is 0 Å². The number of pyridine rings is 1. The van der Waals surface area contributed by atoms with Crippen LogP contribution in [0.4, 0.5) is 10.5 Å². The molecule has 0 aliphatic carbocycles. The Morgan fingerprint density at radius 1 is 1.08 bits per heavy atom. The third-order valence-electron chi connectivity index (χ3n) is 4.61. The Balaban J connectivity index is 1.32. The normalized spacial score (nSPS) is 17.0. The van der Waals surface area contributed by atoms with Crippen molar-refractivity contribution in [2.45, 2.75) is 13.0 Å². The standard InChI is InChI=1S/C19H22N4O3/c24-19(21-15-5-6-17-18(12-15)26-14-25-17)23-9-3-8-22(10-11-23)13-16-4-1-2-7-20-16/h1-2,4-7,12H,3,8-11,13-14H2,(H,21,24). The first-order valence-corrected chi connectivity index (χ1v) is 8.86. The van der Waals surface area contributed by atoms with Crippen molar-refractivity contribution in [3.8, 4) is 11.5 Å². The summed E-state index contributed by atoms with van der Waals surface area (Å²) in [5.41, 5.74) is 1.78. The number of fused-ring (bicyclic) bond motifs is 1. The Labute approximate surface area is 152 Å². The lowest BCUT2D eigenvalue weighted by Gasteiger charge is -2.22. The summed E-state index contributed by atoms with van der Waals surface area (Å²) in [7, 11) is 0. The van der Waals surface area contributed by atoms with Crippen LogP contribution < -0.4 is 14.8 Å². The fraction of sp³-hybridized carbons (Fsp3) is 0.368. The summed E-state index contributed by atoms with van der Waals surface area (Å²) in [6.07, 6.45) is 2.76. The number of hydrogen-bond donors (Lipinski definition) is 1. The number of nitrogens with zero attached hydrogens (tertiary/aromatic N) is 3. The van der Waals surface area contributed by atoms with Gasteiger partial charge in [0.15, 0.2) is 11.5 Å². The van der Waals surface area contributed by atoms with Crippen LogP contribution in [0.15, 0.2) is 42.6 Å². The highest BCUT2D eigenvalue weighted by Crippen LogP contribution is 2.34. The molecule has 2 aliphatic rings. The highest BCUT2D eigenvalue weighted by atomic mass is 16.7. The first-order valence-electron chi connectivity index (χ1n) is 8.86. The van der Waals surface area contributed by atoms with Crippen molar-refractivity contribution in [2.24, 2.45) is 0 Å². The summed E-state index contributed by atoms with van der Waals surface area (Å²) in [5.74, 6) is 1.38. The predicted molar refractivity (Wildman–Crippen MR) is 97.3 cm³/mol. The van der Waals surface area contributed by atoms with Gasteiger partial charge in [-0.15, -0.1) is 0 Å². The first-order chi connectivity index (χ1) is 12.8. The maximum Gasteiger partial charge on any atom is 0.321 e. The van der Waals surface area contributed by atoms with Gasteiger partial charge in [-0.2, -0.15) is 0 Å². The van der Waals surface area contributed by atoms with Crippen molar-refractivity contribution >= 4 is 11.7 Å². The Kier molecular flexibility index (Phi) is 4.88. The molecule has 0 atom stereocenters. The van der Waals surface area contributed by atoms with E-state index in [4.69, 9.17) is 9.47 Å². The van der Waals surface area contributed by atoms with Crippen LogP contribution in [0.1, 0.15) is 12.1 Å². The van der Waals surface area contributed by atoms with E-state index >= 15 is 0 Å². The van der Waals surface area contributed by atoms with Crippen LogP contribution in [-0.4, -0.2) is 53.8 Å². The van der Waals surface area contributed by atoms with Gasteiger partial charge in [0.2, 0.25) is 6.79 Å². The molecule has 0 unspecified atom stereocenters. The zero-order valence-corrected chi connectivity index (χ0v) is 14.6. The van der Waals surface area contributed by atoms with Crippen molar-refractivity contribution in [3.63, 3.8) is 0 Å². The summed E-state index contributed by atoms with van der Waals surface area (Å²) < 4.78 is 10.7. The molecule has 26 heavy (non-hydrogen) atoms. The highest BCUT2D eigenvalue weighted by molar-refractivity contribution is 5.89. The maximum atomic E-state index is 12.6. The number of benzene rings is 1. The van der Waals surface area contributed by atoms with Gasteiger partial charge in [0, 0.05) is 50.7 Å². The Hall–Kier alpha value is -2.80.